The number of hydrogen-bond acceptors (Lipinski definition) is 3. The van der Waals surface area contributed by atoms with Crippen LogP contribution in [0.25, 0.3) is 6.08 Å². The quantitative estimate of drug-likeness (QED) is 0.842. The second-order valence-corrected chi connectivity index (χ2v) is 6.09. The van der Waals surface area contributed by atoms with Crippen LogP contribution < -0.4 is 14.8 Å². The number of nitrogens with one attached hydrogen (secondary N) is 1. The molecule has 1 amide bonds. The molecule has 130 valence electrons. The van der Waals surface area contributed by atoms with Crippen LogP contribution in [0, 0.1) is 0 Å². The molecule has 0 saturated carbocycles. The third kappa shape index (κ3) is 4.02. The van der Waals surface area contributed by atoms with Gasteiger partial charge in [-0.25, -0.2) is 0 Å². The van der Waals surface area contributed by atoms with Gasteiger partial charge in [0.25, 0.3) is 0 Å². The lowest BCUT2D eigenvalue weighted by molar-refractivity contribution is -0.117. The van der Waals surface area contributed by atoms with Crippen molar-refractivity contribution in [2.75, 3.05) is 14.2 Å². The van der Waals surface area contributed by atoms with E-state index >= 15 is 0 Å². The molecule has 4 heteroatoms. The Labute approximate surface area is 148 Å². The topological polar surface area (TPSA) is 47.6 Å². The zero-order valence-corrected chi connectivity index (χ0v) is 14.6. The first-order valence-corrected chi connectivity index (χ1v) is 8.49. The smallest absolute Gasteiger partial charge is 0.244 e. The molecule has 0 saturated heterocycles. The van der Waals surface area contributed by atoms with Crippen molar-refractivity contribution < 1.29 is 14.3 Å². The molecule has 3 rings (SSSR count). The molecule has 2 aromatic carbocycles. The van der Waals surface area contributed by atoms with Crippen LogP contribution in [0.5, 0.6) is 11.5 Å². The highest BCUT2D eigenvalue weighted by Crippen LogP contribution is 2.29. The summed E-state index contributed by atoms with van der Waals surface area (Å²) in [4.78, 5) is 12.4. The van der Waals surface area contributed by atoms with Gasteiger partial charge in [-0.3, -0.25) is 4.79 Å². The summed E-state index contributed by atoms with van der Waals surface area (Å²) in [6, 6.07) is 13.9. The Morgan fingerprint density at radius 2 is 2.00 bits per heavy atom. The van der Waals surface area contributed by atoms with Crippen LogP contribution in [0.15, 0.2) is 48.5 Å². The van der Waals surface area contributed by atoms with E-state index in [9.17, 15) is 4.79 Å². The minimum atomic E-state index is -0.0976. The van der Waals surface area contributed by atoms with Crippen LogP contribution >= 0.6 is 0 Å². The van der Waals surface area contributed by atoms with Gasteiger partial charge in [0.15, 0.2) is 0 Å². The van der Waals surface area contributed by atoms with Crippen LogP contribution in [0.3, 0.4) is 0 Å². The average Bonchev–Trinajstić information content (AvgIpc) is 2.66. The predicted molar refractivity (Wildman–Crippen MR) is 98.8 cm³/mol. The Kier molecular flexibility index (Phi) is 5.39. The van der Waals surface area contributed by atoms with Crippen molar-refractivity contribution in [3.05, 3.63) is 65.2 Å². The maximum absolute atomic E-state index is 12.4. The molecular weight excluding hydrogens is 314 g/mol. The monoisotopic (exact) mass is 337 g/mol. The van der Waals surface area contributed by atoms with E-state index in [1.54, 1.807) is 32.4 Å². The van der Waals surface area contributed by atoms with Gasteiger partial charge in [-0.05, 0) is 48.6 Å². The molecule has 0 aliphatic heterocycles. The van der Waals surface area contributed by atoms with Gasteiger partial charge in [0, 0.05) is 17.7 Å². The molecular formula is C21H23NO3. The first-order valence-electron chi connectivity index (χ1n) is 8.49. The molecule has 1 N–H and O–H groups in total. The summed E-state index contributed by atoms with van der Waals surface area (Å²) in [7, 11) is 3.21. The first kappa shape index (κ1) is 17.1. The van der Waals surface area contributed by atoms with Crippen molar-refractivity contribution in [2.24, 2.45) is 0 Å². The van der Waals surface area contributed by atoms with Crippen LogP contribution in [-0.4, -0.2) is 20.1 Å². The molecule has 0 aromatic heterocycles. The van der Waals surface area contributed by atoms with E-state index in [4.69, 9.17) is 9.47 Å². The predicted octanol–water partition coefficient (Wildman–Crippen LogP) is 3.91. The van der Waals surface area contributed by atoms with Gasteiger partial charge in [0.05, 0.1) is 20.3 Å². The molecule has 0 unspecified atom stereocenters. The molecule has 0 fully saturated rings. The van der Waals surface area contributed by atoms with Crippen LogP contribution in [-0.2, 0) is 11.2 Å². The second kappa shape index (κ2) is 7.88. The number of hydrogen-bond donors (Lipinski definition) is 1. The average molecular weight is 337 g/mol. The van der Waals surface area contributed by atoms with Crippen molar-refractivity contribution in [1.82, 2.24) is 5.32 Å². The number of carbonyl (C=O) groups is 1. The molecule has 0 bridgehead atoms. The summed E-state index contributed by atoms with van der Waals surface area (Å²) in [5.41, 5.74) is 3.40. The number of aryl methyl sites for hydroxylation is 1. The van der Waals surface area contributed by atoms with Crippen molar-refractivity contribution in [2.45, 2.75) is 25.3 Å². The van der Waals surface area contributed by atoms with E-state index in [1.807, 2.05) is 18.2 Å². The van der Waals surface area contributed by atoms with E-state index < -0.39 is 0 Å². The number of rotatable bonds is 5. The minimum Gasteiger partial charge on any atom is -0.497 e. The van der Waals surface area contributed by atoms with Crippen LogP contribution in [0.4, 0.5) is 0 Å². The summed E-state index contributed by atoms with van der Waals surface area (Å²) in [6.45, 7) is 0. The number of ether oxygens (including phenoxy) is 2. The molecule has 0 spiro atoms. The summed E-state index contributed by atoms with van der Waals surface area (Å²) >= 11 is 0. The number of methoxy groups -OCH3 is 2. The second-order valence-electron chi connectivity index (χ2n) is 6.09. The Balaban J connectivity index is 1.70. The molecule has 0 heterocycles. The fourth-order valence-electron chi connectivity index (χ4n) is 3.25. The SMILES string of the molecule is COc1ccc(/C=C/C(=O)N[C@@H]2CCCc3ccccc32)c(OC)c1. The highest BCUT2D eigenvalue weighted by atomic mass is 16.5. The normalized spacial score (nSPS) is 16.3. The highest BCUT2D eigenvalue weighted by molar-refractivity contribution is 5.92. The van der Waals surface area contributed by atoms with Crippen molar-refractivity contribution in [3.8, 4) is 11.5 Å². The van der Waals surface area contributed by atoms with Gasteiger partial charge in [-0.2, -0.15) is 0 Å². The van der Waals surface area contributed by atoms with E-state index in [0.717, 1.165) is 30.6 Å². The lowest BCUT2D eigenvalue weighted by Crippen LogP contribution is -2.29. The Hall–Kier alpha value is -2.75. The molecule has 1 aliphatic carbocycles. The summed E-state index contributed by atoms with van der Waals surface area (Å²) in [5, 5.41) is 3.11. The third-order valence-electron chi connectivity index (χ3n) is 4.54. The minimum absolute atomic E-state index is 0.0832. The highest BCUT2D eigenvalue weighted by Gasteiger charge is 2.20. The van der Waals surface area contributed by atoms with Gasteiger partial charge < -0.3 is 14.8 Å². The molecule has 1 aliphatic rings. The number of benzene rings is 2. The standard InChI is InChI=1S/C21H23NO3/c1-24-17-12-10-16(20(14-17)25-2)11-13-21(23)22-19-9-5-7-15-6-3-4-8-18(15)19/h3-4,6,8,10-14,19H,5,7,9H2,1-2H3,(H,22,23)/b13-11+/t19-/m1/s1. The molecule has 0 radical (unpaired) electrons. The molecule has 4 nitrogen and oxygen atoms in total. The van der Waals surface area contributed by atoms with E-state index in [2.05, 4.69) is 23.5 Å². The lowest BCUT2D eigenvalue weighted by Gasteiger charge is -2.25. The molecule has 1 atom stereocenters. The van der Waals surface area contributed by atoms with E-state index in [-0.39, 0.29) is 11.9 Å². The van der Waals surface area contributed by atoms with Crippen LogP contribution in [0.2, 0.25) is 0 Å². The lowest BCUT2D eigenvalue weighted by atomic mass is 9.88. The van der Waals surface area contributed by atoms with Crippen molar-refractivity contribution >= 4 is 12.0 Å². The largest absolute Gasteiger partial charge is 0.497 e. The summed E-state index contributed by atoms with van der Waals surface area (Å²) in [5.74, 6) is 1.29. The molecule has 25 heavy (non-hydrogen) atoms. The fourth-order valence-corrected chi connectivity index (χ4v) is 3.25. The third-order valence-corrected chi connectivity index (χ3v) is 4.54. The molecule has 2 aromatic rings. The van der Waals surface area contributed by atoms with Gasteiger partial charge >= 0.3 is 0 Å². The Morgan fingerprint density at radius 1 is 1.16 bits per heavy atom. The van der Waals surface area contributed by atoms with Gasteiger partial charge in [-0.15, -0.1) is 0 Å². The van der Waals surface area contributed by atoms with E-state index in [0.29, 0.717) is 5.75 Å². The van der Waals surface area contributed by atoms with Crippen LogP contribution in [0.1, 0.15) is 35.6 Å². The van der Waals surface area contributed by atoms with Crippen molar-refractivity contribution in [1.29, 1.82) is 0 Å². The summed E-state index contributed by atoms with van der Waals surface area (Å²) < 4.78 is 10.5. The fraction of sp³-hybridized carbons (Fsp3) is 0.286. The maximum atomic E-state index is 12.4. The van der Waals surface area contributed by atoms with E-state index in [1.165, 1.54) is 11.1 Å². The zero-order valence-electron chi connectivity index (χ0n) is 14.6. The van der Waals surface area contributed by atoms with Gasteiger partial charge in [-0.1, -0.05) is 24.3 Å². The zero-order chi connectivity index (χ0) is 17.6. The number of fused-ring (bicyclic) bond motifs is 1. The Morgan fingerprint density at radius 3 is 2.80 bits per heavy atom. The number of carbonyl (C=O) groups excluding carboxylic acids is 1. The Bertz CT molecular complexity index is 782. The van der Waals surface area contributed by atoms with Gasteiger partial charge in [0.2, 0.25) is 5.91 Å². The maximum Gasteiger partial charge on any atom is 0.244 e. The summed E-state index contributed by atoms with van der Waals surface area (Å²) in [6.07, 6.45) is 6.48. The number of amides is 1. The van der Waals surface area contributed by atoms with Crippen molar-refractivity contribution in [3.63, 3.8) is 0 Å². The first-order chi connectivity index (χ1) is 12.2. The van der Waals surface area contributed by atoms with Gasteiger partial charge in [0.1, 0.15) is 11.5 Å².